The monoisotopic (exact) mass is 352 g/mol. The molecule has 0 aliphatic rings. The Morgan fingerprint density at radius 3 is 2.77 bits per heavy atom. The van der Waals surface area contributed by atoms with E-state index in [9.17, 15) is 13.2 Å². The number of H-pyrrole nitrogens is 1. The highest BCUT2D eigenvalue weighted by Gasteiger charge is 2.15. The van der Waals surface area contributed by atoms with Gasteiger partial charge in [-0.2, -0.15) is 0 Å². The SMILES string of the molecule is CSc1cccc(NS(=O)(=O)c2ccc3[nH]c(=O)sc3c2)c1. The predicted molar refractivity (Wildman–Crippen MR) is 91.5 cm³/mol. The lowest BCUT2D eigenvalue weighted by atomic mass is 10.3. The molecule has 0 bridgehead atoms. The fourth-order valence-corrected chi connectivity index (χ4v) is 4.38. The number of thioether (sulfide) groups is 1. The van der Waals surface area contributed by atoms with E-state index in [2.05, 4.69) is 9.71 Å². The third-order valence-electron chi connectivity index (χ3n) is 3.02. The molecule has 0 aliphatic carbocycles. The molecule has 0 unspecified atom stereocenters. The number of hydrogen-bond donors (Lipinski definition) is 2. The molecule has 3 aromatic rings. The second kappa shape index (κ2) is 5.79. The number of benzene rings is 2. The summed E-state index contributed by atoms with van der Waals surface area (Å²) in [4.78, 5) is 14.9. The van der Waals surface area contributed by atoms with Gasteiger partial charge in [0.15, 0.2) is 0 Å². The minimum absolute atomic E-state index is 0.129. The first-order valence-corrected chi connectivity index (χ1v) is 9.80. The Bertz CT molecular complexity index is 990. The zero-order chi connectivity index (χ0) is 15.7. The molecule has 3 rings (SSSR count). The first kappa shape index (κ1) is 15.1. The highest BCUT2D eigenvalue weighted by atomic mass is 32.2. The third-order valence-corrected chi connectivity index (χ3v) is 5.97. The summed E-state index contributed by atoms with van der Waals surface area (Å²) in [6, 6.07) is 11.8. The van der Waals surface area contributed by atoms with Crippen LogP contribution in [0.25, 0.3) is 10.2 Å². The van der Waals surface area contributed by atoms with Crippen molar-refractivity contribution in [1.82, 2.24) is 4.98 Å². The lowest BCUT2D eigenvalue weighted by Gasteiger charge is -2.09. The van der Waals surface area contributed by atoms with Crippen LogP contribution < -0.4 is 9.60 Å². The van der Waals surface area contributed by atoms with Crippen LogP contribution in [-0.4, -0.2) is 19.7 Å². The van der Waals surface area contributed by atoms with Gasteiger partial charge in [0.1, 0.15) is 0 Å². The number of sulfonamides is 1. The van der Waals surface area contributed by atoms with E-state index in [1.54, 1.807) is 24.3 Å². The van der Waals surface area contributed by atoms with Crippen molar-refractivity contribution >= 4 is 49.0 Å². The lowest BCUT2D eigenvalue weighted by Crippen LogP contribution is -2.12. The van der Waals surface area contributed by atoms with Crippen LogP contribution in [0.2, 0.25) is 0 Å². The van der Waals surface area contributed by atoms with E-state index in [1.807, 2.05) is 12.3 Å². The number of hydrogen-bond acceptors (Lipinski definition) is 5. The molecule has 0 aliphatic heterocycles. The van der Waals surface area contributed by atoms with E-state index in [4.69, 9.17) is 0 Å². The highest BCUT2D eigenvalue weighted by Crippen LogP contribution is 2.24. The Morgan fingerprint density at radius 2 is 2.00 bits per heavy atom. The van der Waals surface area contributed by atoms with Crippen molar-refractivity contribution in [2.75, 3.05) is 11.0 Å². The van der Waals surface area contributed by atoms with Crippen molar-refractivity contribution in [1.29, 1.82) is 0 Å². The van der Waals surface area contributed by atoms with Crippen molar-refractivity contribution in [2.24, 2.45) is 0 Å². The molecule has 0 spiro atoms. The number of thiazole rings is 1. The van der Waals surface area contributed by atoms with Gasteiger partial charge in [-0.1, -0.05) is 17.4 Å². The highest BCUT2D eigenvalue weighted by molar-refractivity contribution is 7.98. The van der Waals surface area contributed by atoms with E-state index < -0.39 is 10.0 Å². The van der Waals surface area contributed by atoms with Gasteiger partial charge in [-0.25, -0.2) is 8.42 Å². The van der Waals surface area contributed by atoms with Crippen LogP contribution in [0.5, 0.6) is 0 Å². The third kappa shape index (κ3) is 3.03. The van der Waals surface area contributed by atoms with Crippen LogP contribution in [0.4, 0.5) is 5.69 Å². The smallest absolute Gasteiger partial charge is 0.305 e. The maximum atomic E-state index is 12.5. The molecule has 2 N–H and O–H groups in total. The lowest BCUT2D eigenvalue weighted by molar-refractivity contribution is 0.601. The number of aromatic amines is 1. The maximum Gasteiger partial charge on any atom is 0.305 e. The fourth-order valence-electron chi connectivity index (χ4n) is 1.99. The Morgan fingerprint density at radius 1 is 1.18 bits per heavy atom. The van der Waals surface area contributed by atoms with Crippen molar-refractivity contribution in [3.63, 3.8) is 0 Å². The Labute approximate surface area is 135 Å². The molecule has 5 nitrogen and oxygen atoms in total. The largest absolute Gasteiger partial charge is 0.312 e. The summed E-state index contributed by atoms with van der Waals surface area (Å²) < 4.78 is 28.1. The topological polar surface area (TPSA) is 79.0 Å². The van der Waals surface area contributed by atoms with Crippen LogP contribution >= 0.6 is 23.1 Å². The first-order valence-electron chi connectivity index (χ1n) is 6.28. The van der Waals surface area contributed by atoms with Crippen LogP contribution in [-0.2, 0) is 10.0 Å². The minimum atomic E-state index is -3.69. The Hall–Kier alpha value is -1.77. The summed E-state index contributed by atoms with van der Waals surface area (Å²) in [5, 5.41) is 0. The van der Waals surface area contributed by atoms with Gasteiger partial charge in [-0.15, -0.1) is 11.8 Å². The van der Waals surface area contributed by atoms with Crippen molar-refractivity contribution < 1.29 is 8.42 Å². The van der Waals surface area contributed by atoms with Gasteiger partial charge < -0.3 is 4.98 Å². The standard InChI is InChI=1S/C14H12N2O3S3/c1-20-10-4-2-3-9(7-10)16-22(18,19)11-5-6-12-13(8-11)21-14(17)15-12/h2-8,16H,1H3,(H,15,17). The molecular weight excluding hydrogens is 340 g/mol. The number of fused-ring (bicyclic) bond motifs is 1. The molecule has 2 aromatic carbocycles. The zero-order valence-electron chi connectivity index (χ0n) is 11.5. The molecule has 8 heteroatoms. The first-order chi connectivity index (χ1) is 10.5. The number of aromatic nitrogens is 1. The molecular formula is C14H12N2O3S3. The average molecular weight is 352 g/mol. The second-order valence-corrected chi connectivity index (χ2v) is 8.09. The van der Waals surface area contributed by atoms with Crippen molar-refractivity contribution in [2.45, 2.75) is 9.79 Å². The fraction of sp³-hybridized carbons (Fsp3) is 0.0714. The number of rotatable bonds is 4. The molecule has 0 amide bonds. The summed E-state index contributed by atoms with van der Waals surface area (Å²) in [6.45, 7) is 0. The molecule has 22 heavy (non-hydrogen) atoms. The van der Waals surface area contributed by atoms with Gasteiger partial charge in [0.2, 0.25) is 0 Å². The summed E-state index contributed by atoms with van der Waals surface area (Å²) in [5.41, 5.74) is 1.15. The summed E-state index contributed by atoms with van der Waals surface area (Å²) in [5.74, 6) is 0. The maximum absolute atomic E-state index is 12.5. The van der Waals surface area contributed by atoms with E-state index in [0.29, 0.717) is 15.9 Å². The zero-order valence-corrected chi connectivity index (χ0v) is 13.9. The molecule has 1 heterocycles. The molecule has 0 saturated carbocycles. The normalized spacial score (nSPS) is 11.7. The quantitative estimate of drug-likeness (QED) is 0.707. The van der Waals surface area contributed by atoms with Gasteiger partial charge >= 0.3 is 4.87 Å². The van der Waals surface area contributed by atoms with E-state index in [1.165, 1.54) is 23.9 Å². The Balaban J connectivity index is 1.98. The van der Waals surface area contributed by atoms with Crippen LogP contribution in [0, 0.1) is 0 Å². The van der Waals surface area contributed by atoms with Crippen LogP contribution in [0.1, 0.15) is 0 Å². The van der Waals surface area contributed by atoms with Gasteiger partial charge in [-0.05, 0) is 42.7 Å². The van der Waals surface area contributed by atoms with Crippen LogP contribution in [0.3, 0.4) is 0 Å². The van der Waals surface area contributed by atoms with Gasteiger partial charge in [0, 0.05) is 10.6 Å². The Kier molecular flexibility index (Phi) is 3.98. The van der Waals surface area contributed by atoms with Gasteiger partial charge in [-0.3, -0.25) is 9.52 Å². The average Bonchev–Trinajstić information content (AvgIpc) is 2.86. The molecule has 0 atom stereocenters. The van der Waals surface area contributed by atoms with E-state index in [0.717, 1.165) is 16.2 Å². The summed E-state index contributed by atoms with van der Waals surface area (Å²) in [6.07, 6.45) is 1.93. The molecule has 114 valence electrons. The summed E-state index contributed by atoms with van der Waals surface area (Å²) in [7, 11) is -3.69. The number of anilines is 1. The van der Waals surface area contributed by atoms with Gasteiger partial charge in [0.25, 0.3) is 10.0 Å². The van der Waals surface area contributed by atoms with Crippen molar-refractivity contribution in [3.8, 4) is 0 Å². The molecule has 0 fully saturated rings. The number of nitrogens with one attached hydrogen (secondary N) is 2. The predicted octanol–water partition coefficient (Wildman–Crippen LogP) is 3.11. The second-order valence-electron chi connectivity index (χ2n) is 4.51. The van der Waals surface area contributed by atoms with E-state index in [-0.39, 0.29) is 9.77 Å². The summed E-state index contributed by atoms with van der Waals surface area (Å²) >= 11 is 2.53. The minimum Gasteiger partial charge on any atom is -0.312 e. The van der Waals surface area contributed by atoms with Crippen LogP contribution in [0.15, 0.2) is 57.1 Å². The van der Waals surface area contributed by atoms with Crippen molar-refractivity contribution in [3.05, 3.63) is 52.1 Å². The molecule has 0 saturated heterocycles. The van der Waals surface area contributed by atoms with E-state index >= 15 is 0 Å². The molecule has 0 radical (unpaired) electrons. The van der Waals surface area contributed by atoms with Gasteiger partial charge in [0.05, 0.1) is 15.1 Å². The molecule has 1 aromatic heterocycles.